The normalized spacial score (nSPS) is 30.9. The molecule has 0 aliphatic heterocycles. The zero-order valence-corrected chi connectivity index (χ0v) is 12.4. The molecule has 3 heteroatoms. The van der Waals surface area contributed by atoms with Crippen molar-refractivity contribution in [2.75, 3.05) is 6.61 Å². The Morgan fingerprint density at radius 2 is 1.70 bits per heavy atom. The zero-order valence-electron chi connectivity index (χ0n) is 12.4. The van der Waals surface area contributed by atoms with E-state index in [-0.39, 0.29) is 11.0 Å². The molecule has 0 saturated heterocycles. The molecule has 2 saturated carbocycles. The summed E-state index contributed by atoms with van der Waals surface area (Å²) in [6.07, 6.45) is 17.5. The number of fused-ring (bicyclic) bond motifs is 1. The quantitative estimate of drug-likeness (QED) is 0.482. The van der Waals surface area contributed by atoms with Crippen LogP contribution < -0.4 is 0 Å². The van der Waals surface area contributed by atoms with Gasteiger partial charge in [0.1, 0.15) is 5.60 Å². The lowest BCUT2D eigenvalue weighted by atomic mass is 10.2. The molecule has 20 heavy (non-hydrogen) atoms. The SMILES string of the molecule is CC/C=C\C/C=C\C/C=C\C12CC1(OC(=O)OCC)C2. The maximum Gasteiger partial charge on any atom is 0.508 e. The van der Waals surface area contributed by atoms with Crippen molar-refractivity contribution >= 4 is 6.16 Å². The molecular formula is C17H24O3. The Morgan fingerprint density at radius 3 is 2.35 bits per heavy atom. The van der Waals surface area contributed by atoms with E-state index in [1.165, 1.54) is 0 Å². The molecule has 110 valence electrons. The zero-order chi connectivity index (χ0) is 14.5. The minimum Gasteiger partial charge on any atom is -0.435 e. The second kappa shape index (κ2) is 6.29. The first kappa shape index (κ1) is 14.9. The van der Waals surface area contributed by atoms with E-state index in [2.05, 4.69) is 43.4 Å². The molecule has 0 aromatic carbocycles. The Balaban J connectivity index is 1.63. The summed E-state index contributed by atoms with van der Waals surface area (Å²) in [6.45, 7) is 4.29. The second-order valence-electron chi connectivity index (χ2n) is 5.51. The highest BCUT2D eigenvalue weighted by molar-refractivity contribution is 5.64. The molecule has 0 N–H and O–H groups in total. The summed E-state index contributed by atoms with van der Waals surface area (Å²) in [7, 11) is 0. The van der Waals surface area contributed by atoms with E-state index in [1.807, 2.05) is 0 Å². The fraction of sp³-hybridized carbons (Fsp3) is 0.588. The van der Waals surface area contributed by atoms with Crippen LogP contribution in [-0.4, -0.2) is 18.4 Å². The number of allylic oxidation sites excluding steroid dienone is 5. The molecule has 0 radical (unpaired) electrons. The highest BCUT2D eigenvalue weighted by atomic mass is 16.7. The lowest BCUT2D eigenvalue weighted by Crippen LogP contribution is -2.12. The van der Waals surface area contributed by atoms with Crippen LogP contribution in [0.5, 0.6) is 0 Å². The Bertz CT molecular complexity index is 426. The predicted molar refractivity (Wildman–Crippen MR) is 79.5 cm³/mol. The monoisotopic (exact) mass is 276 g/mol. The van der Waals surface area contributed by atoms with Gasteiger partial charge in [0.05, 0.1) is 6.61 Å². The molecule has 0 aromatic heterocycles. The van der Waals surface area contributed by atoms with Crippen LogP contribution in [0.2, 0.25) is 0 Å². The third kappa shape index (κ3) is 3.33. The van der Waals surface area contributed by atoms with Crippen molar-refractivity contribution < 1.29 is 14.3 Å². The first-order valence-electron chi connectivity index (χ1n) is 7.51. The third-order valence-corrected chi connectivity index (χ3v) is 3.95. The molecular weight excluding hydrogens is 252 g/mol. The van der Waals surface area contributed by atoms with Gasteiger partial charge >= 0.3 is 6.16 Å². The number of carbonyl (C=O) groups excluding carboxylic acids is 1. The topological polar surface area (TPSA) is 35.5 Å². The van der Waals surface area contributed by atoms with Crippen molar-refractivity contribution in [1.29, 1.82) is 0 Å². The number of hydrogen-bond donors (Lipinski definition) is 0. The van der Waals surface area contributed by atoms with Crippen LogP contribution in [0.1, 0.15) is 46.0 Å². The maximum atomic E-state index is 11.3. The average Bonchev–Trinajstić information content (AvgIpc) is 3.19. The van der Waals surface area contributed by atoms with E-state index in [0.717, 1.165) is 32.1 Å². The Kier molecular flexibility index (Phi) is 4.69. The van der Waals surface area contributed by atoms with Gasteiger partial charge in [-0.25, -0.2) is 4.79 Å². The average molecular weight is 276 g/mol. The second-order valence-corrected chi connectivity index (χ2v) is 5.51. The van der Waals surface area contributed by atoms with Gasteiger partial charge in [0.15, 0.2) is 0 Å². The minimum absolute atomic E-state index is 0.135. The van der Waals surface area contributed by atoms with Crippen molar-refractivity contribution in [3.8, 4) is 0 Å². The number of carbonyl (C=O) groups is 1. The minimum atomic E-state index is -0.525. The summed E-state index contributed by atoms with van der Waals surface area (Å²) in [5.74, 6) is 0. The van der Waals surface area contributed by atoms with Gasteiger partial charge in [0.25, 0.3) is 0 Å². The van der Waals surface area contributed by atoms with Gasteiger partial charge in [-0.2, -0.15) is 0 Å². The van der Waals surface area contributed by atoms with Crippen molar-refractivity contribution in [1.82, 2.24) is 0 Å². The Hall–Kier alpha value is -1.51. The lowest BCUT2D eigenvalue weighted by Gasteiger charge is -2.04. The highest BCUT2D eigenvalue weighted by Crippen LogP contribution is 2.81. The summed E-state index contributed by atoms with van der Waals surface area (Å²) in [5, 5.41) is 0. The molecule has 0 bridgehead atoms. The molecule has 0 amide bonds. The molecule has 2 fully saturated rings. The maximum absolute atomic E-state index is 11.3. The summed E-state index contributed by atoms with van der Waals surface area (Å²) >= 11 is 0. The molecule has 0 aromatic rings. The fourth-order valence-corrected chi connectivity index (χ4v) is 2.54. The van der Waals surface area contributed by atoms with Crippen molar-refractivity contribution in [3.05, 3.63) is 36.5 Å². The lowest BCUT2D eigenvalue weighted by molar-refractivity contribution is 0.0356. The molecule has 3 nitrogen and oxygen atoms in total. The molecule has 2 aliphatic carbocycles. The van der Waals surface area contributed by atoms with Gasteiger partial charge in [0, 0.05) is 18.3 Å². The van der Waals surface area contributed by atoms with Crippen molar-refractivity contribution in [3.63, 3.8) is 0 Å². The van der Waals surface area contributed by atoms with Crippen LogP contribution in [0.15, 0.2) is 36.5 Å². The van der Waals surface area contributed by atoms with E-state index in [0.29, 0.717) is 6.61 Å². The van der Waals surface area contributed by atoms with Crippen LogP contribution >= 0.6 is 0 Å². The van der Waals surface area contributed by atoms with Crippen LogP contribution in [0, 0.1) is 5.41 Å². The van der Waals surface area contributed by atoms with Gasteiger partial charge < -0.3 is 9.47 Å². The molecule has 2 rings (SSSR count). The van der Waals surface area contributed by atoms with Gasteiger partial charge in [-0.05, 0) is 26.2 Å². The highest BCUT2D eigenvalue weighted by Gasteiger charge is 2.85. The summed E-state index contributed by atoms with van der Waals surface area (Å²) in [6, 6.07) is 0. The molecule has 0 unspecified atom stereocenters. The van der Waals surface area contributed by atoms with E-state index in [4.69, 9.17) is 9.47 Å². The summed E-state index contributed by atoms with van der Waals surface area (Å²) in [4.78, 5) is 11.3. The predicted octanol–water partition coefficient (Wildman–Crippen LogP) is 4.55. The summed E-state index contributed by atoms with van der Waals surface area (Å²) in [5.41, 5.74) is -0.0843. The summed E-state index contributed by atoms with van der Waals surface area (Å²) < 4.78 is 10.2. The van der Waals surface area contributed by atoms with Crippen molar-refractivity contribution in [2.24, 2.45) is 5.41 Å². The van der Waals surface area contributed by atoms with E-state index in [1.54, 1.807) is 6.92 Å². The van der Waals surface area contributed by atoms with Crippen LogP contribution in [0.4, 0.5) is 4.79 Å². The van der Waals surface area contributed by atoms with E-state index < -0.39 is 6.16 Å². The van der Waals surface area contributed by atoms with Gasteiger partial charge in [0.2, 0.25) is 0 Å². The van der Waals surface area contributed by atoms with Crippen LogP contribution in [-0.2, 0) is 9.47 Å². The number of rotatable bonds is 8. The number of hydrogen-bond acceptors (Lipinski definition) is 3. The van der Waals surface area contributed by atoms with Gasteiger partial charge in [-0.1, -0.05) is 43.4 Å². The Morgan fingerprint density at radius 1 is 1.05 bits per heavy atom. The van der Waals surface area contributed by atoms with Crippen LogP contribution in [0.3, 0.4) is 0 Å². The first-order chi connectivity index (χ1) is 9.68. The standard InChI is InChI=1S/C17H24O3/c1-3-5-6-7-8-9-10-11-12-16-13-17(16,14-16)20-15(18)19-4-2/h5-6,8-9,11-12H,3-4,7,10,13-14H2,1-2H3/b6-5-,9-8-,12-11-. The molecule has 2 aliphatic rings. The third-order valence-electron chi connectivity index (χ3n) is 3.95. The van der Waals surface area contributed by atoms with Gasteiger partial charge in [-0.15, -0.1) is 0 Å². The molecule has 0 atom stereocenters. The molecule has 0 spiro atoms. The Labute approximate surface area is 121 Å². The van der Waals surface area contributed by atoms with Crippen molar-refractivity contribution in [2.45, 2.75) is 51.6 Å². The largest absolute Gasteiger partial charge is 0.508 e. The fourth-order valence-electron chi connectivity index (χ4n) is 2.54. The first-order valence-corrected chi connectivity index (χ1v) is 7.51. The smallest absolute Gasteiger partial charge is 0.435 e. The van der Waals surface area contributed by atoms with E-state index in [9.17, 15) is 4.79 Å². The van der Waals surface area contributed by atoms with Gasteiger partial charge in [-0.3, -0.25) is 0 Å². The number of ether oxygens (including phenoxy) is 2. The van der Waals surface area contributed by atoms with Crippen LogP contribution in [0.25, 0.3) is 0 Å². The molecule has 0 heterocycles. The van der Waals surface area contributed by atoms with E-state index >= 15 is 0 Å².